The van der Waals surface area contributed by atoms with Gasteiger partial charge in [-0.15, -0.1) is 0 Å². The van der Waals surface area contributed by atoms with Gasteiger partial charge in [-0.25, -0.2) is 0 Å². The average Bonchev–Trinajstić information content (AvgIpc) is 2.56. The second-order valence-electron chi connectivity index (χ2n) is 3.12. The lowest BCUT2D eigenvalue weighted by Crippen LogP contribution is -2.20. The van der Waals surface area contributed by atoms with E-state index in [9.17, 15) is 0 Å². The predicted molar refractivity (Wildman–Crippen MR) is 58.3 cm³/mol. The first-order chi connectivity index (χ1) is 6.27. The molecule has 0 spiro atoms. The summed E-state index contributed by atoms with van der Waals surface area (Å²) in [6.45, 7) is 3.96. The predicted octanol–water partition coefficient (Wildman–Crippen LogP) is 2.11. The molecule has 0 amide bonds. The Labute approximate surface area is 86.2 Å². The first-order valence-corrected chi connectivity index (χ1v) is 5.11. The SMILES string of the molecule is Cc1cc(Br)ccc1C1=NCCN1. The van der Waals surface area contributed by atoms with Crippen LogP contribution in [-0.4, -0.2) is 18.9 Å². The van der Waals surface area contributed by atoms with Crippen LogP contribution in [0, 0.1) is 6.92 Å². The summed E-state index contributed by atoms with van der Waals surface area (Å²) in [6.07, 6.45) is 0. The van der Waals surface area contributed by atoms with Crippen LogP contribution >= 0.6 is 15.9 Å². The molecule has 0 unspecified atom stereocenters. The van der Waals surface area contributed by atoms with Crippen molar-refractivity contribution in [2.24, 2.45) is 4.99 Å². The maximum Gasteiger partial charge on any atom is 0.128 e. The van der Waals surface area contributed by atoms with E-state index >= 15 is 0 Å². The fraction of sp³-hybridized carbons (Fsp3) is 0.300. The Bertz CT molecular complexity index is 358. The molecule has 0 aliphatic carbocycles. The Morgan fingerprint density at radius 2 is 2.31 bits per heavy atom. The molecule has 0 saturated heterocycles. The zero-order chi connectivity index (χ0) is 9.26. The maximum atomic E-state index is 4.39. The average molecular weight is 239 g/mol. The van der Waals surface area contributed by atoms with Crippen molar-refractivity contribution < 1.29 is 0 Å². The molecule has 2 rings (SSSR count). The molecule has 3 heteroatoms. The van der Waals surface area contributed by atoms with E-state index in [1.54, 1.807) is 0 Å². The third-order valence-corrected chi connectivity index (χ3v) is 2.61. The highest BCUT2D eigenvalue weighted by Gasteiger charge is 2.09. The van der Waals surface area contributed by atoms with Gasteiger partial charge in [-0.05, 0) is 30.7 Å². The number of amidine groups is 1. The molecule has 0 bridgehead atoms. The van der Waals surface area contributed by atoms with Crippen molar-refractivity contribution in [1.29, 1.82) is 0 Å². The number of aliphatic imine (C=N–C) groups is 1. The number of benzene rings is 1. The van der Waals surface area contributed by atoms with E-state index in [1.807, 2.05) is 6.07 Å². The van der Waals surface area contributed by atoms with Crippen LogP contribution in [0.4, 0.5) is 0 Å². The quantitative estimate of drug-likeness (QED) is 0.797. The van der Waals surface area contributed by atoms with E-state index in [2.05, 4.69) is 45.3 Å². The second kappa shape index (κ2) is 3.50. The molecule has 0 atom stereocenters. The monoisotopic (exact) mass is 238 g/mol. The van der Waals surface area contributed by atoms with Crippen LogP contribution < -0.4 is 5.32 Å². The topological polar surface area (TPSA) is 24.4 Å². The summed E-state index contributed by atoms with van der Waals surface area (Å²) in [5.74, 6) is 1.03. The highest BCUT2D eigenvalue weighted by Crippen LogP contribution is 2.16. The van der Waals surface area contributed by atoms with Crippen molar-refractivity contribution >= 4 is 21.8 Å². The van der Waals surface area contributed by atoms with Gasteiger partial charge in [0.2, 0.25) is 0 Å². The van der Waals surface area contributed by atoms with Crippen molar-refractivity contribution in [3.63, 3.8) is 0 Å². The lowest BCUT2D eigenvalue weighted by molar-refractivity contribution is 0.959. The van der Waals surface area contributed by atoms with Crippen molar-refractivity contribution in [2.45, 2.75) is 6.92 Å². The van der Waals surface area contributed by atoms with Crippen LogP contribution in [0.5, 0.6) is 0 Å². The summed E-state index contributed by atoms with van der Waals surface area (Å²) < 4.78 is 1.12. The molecule has 0 aromatic heterocycles. The van der Waals surface area contributed by atoms with Crippen molar-refractivity contribution in [2.75, 3.05) is 13.1 Å². The minimum absolute atomic E-state index is 0.894. The molecule has 1 aromatic carbocycles. The summed E-state index contributed by atoms with van der Waals surface area (Å²) >= 11 is 3.44. The standard InChI is InChI=1S/C10H11BrN2/c1-7-6-8(11)2-3-9(7)10-12-4-5-13-10/h2-3,6H,4-5H2,1H3,(H,12,13). The zero-order valence-corrected chi connectivity index (χ0v) is 9.06. The highest BCUT2D eigenvalue weighted by atomic mass is 79.9. The van der Waals surface area contributed by atoms with Crippen LogP contribution in [0.2, 0.25) is 0 Å². The number of hydrogen-bond donors (Lipinski definition) is 1. The second-order valence-corrected chi connectivity index (χ2v) is 4.03. The lowest BCUT2D eigenvalue weighted by atomic mass is 10.1. The van der Waals surface area contributed by atoms with Gasteiger partial charge in [-0.1, -0.05) is 15.9 Å². The Morgan fingerprint density at radius 1 is 1.46 bits per heavy atom. The minimum Gasteiger partial charge on any atom is -0.368 e. The van der Waals surface area contributed by atoms with Crippen molar-refractivity contribution in [3.05, 3.63) is 33.8 Å². The molecule has 1 heterocycles. The molecule has 1 aliphatic heterocycles. The normalized spacial score (nSPS) is 15.4. The first-order valence-electron chi connectivity index (χ1n) is 4.32. The molecule has 0 fully saturated rings. The van der Waals surface area contributed by atoms with E-state index in [0.717, 1.165) is 23.4 Å². The molecule has 68 valence electrons. The van der Waals surface area contributed by atoms with Gasteiger partial charge in [-0.2, -0.15) is 0 Å². The van der Waals surface area contributed by atoms with E-state index in [-0.39, 0.29) is 0 Å². The number of halogens is 1. The third-order valence-electron chi connectivity index (χ3n) is 2.12. The molecule has 1 N–H and O–H groups in total. The Morgan fingerprint density at radius 3 is 2.92 bits per heavy atom. The Hall–Kier alpha value is -0.830. The van der Waals surface area contributed by atoms with E-state index in [4.69, 9.17) is 0 Å². The van der Waals surface area contributed by atoms with Crippen LogP contribution in [0.1, 0.15) is 11.1 Å². The number of nitrogens with zero attached hydrogens (tertiary/aromatic N) is 1. The van der Waals surface area contributed by atoms with Gasteiger partial charge < -0.3 is 5.32 Å². The van der Waals surface area contributed by atoms with E-state index in [1.165, 1.54) is 11.1 Å². The summed E-state index contributed by atoms with van der Waals surface area (Å²) in [4.78, 5) is 4.39. The van der Waals surface area contributed by atoms with Crippen LogP contribution in [0.3, 0.4) is 0 Å². The Balaban J connectivity index is 2.40. The first kappa shape index (κ1) is 8.75. The van der Waals surface area contributed by atoms with Gasteiger partial charge in [0.25, 0.3) is 0 Å². The largest absolute Gasteiger partial charge is 0.368 e. The van der Waals surface area contributed by atoms with Gasteiger partial charge in [0.15, 0.2) is 0 Å². The van der Waals surface area contributed by atoms with E-state index in [0.29, 0.717) is 0 Å². The minimum atomic E-state index is 0.894. The smallest absolute Gasteiger partial charge is 0.128 e. The fourth-order valence-electron chi connectivity index (χ4n) is 1.47. The van der Waals surface area contributed by atoms with Gasteiger partial charge in [0, 0.05) is 16.6 Å². The molecule has 0 radical (unpaired) electrons. The number of nitrogens with one attached hydrogen (secondary N) is 1. The van der Waals surface area contributed by atoms with Gasteiger partial charge in [0.1, 0.15) is 5.84 Å². The molecule has 2 nitrogen and oxygen atoms in total. The van der Waals surface area contributed by atoms with Gasteiger partial charge in [-0.3, -0.25) is 4.99 Å². The third kappa shape index (κ3) is 1.75. The number of aryl methyl sites for hydroxylation is 1. The van der Waals surface area contributed by atoms with Gasteiger partial charge >= 0.3 is 0 Å². The molecule has 1 aromatic rings. The molecular weight excluding hydrogens is 228 g/mol. The fourth-order valence-corrected chi connectivity index (χ4v) is 1.95. The molecule has 1 aliphatic rings. The Kier molecular flexibility index (Phi) is 2.36. The van der Waals surface area contributed by atoms with Gasteiger partial charge in [0.05, 0.1) is 6.54 Å². The lowest BCUT2D eigenvalue weighted by Gasteiger charge is -2.06. The molecule has 0 saturated carbocycles. The van der Waals surface area contributed by atoms with E-state index < -0.39 is 0 Å². The molecule has 13 heavy (non-hydrogen) atoms. The van der Waals surface area contributed by atoms with Crippen LogP contribution in [-0.2, 0) is 0 Å². The van der Waals surface area contributed by atoms with Crippen LogP contribution in [0.25, 0.3) is 0 Å². The molecular formula is C10H11BrN2. The van der Waals surface area contributed by atoms with Crippen LogP contribution in [0.15, 0.2) is 27.7 Å². The zero-order valence-electron chi connectivity index (χ0n) is 7.47. The highest BCUT2D eigenvalue weighted by molar-refractivity contribution is 9.10. The summed E-state index contributed by atoms with van der Waals surface area (Å²) in [5, 5.41) is 3.27. The number of rotatable bonds is 1. The van der Waals surface area contributed by atoms with Crippen molar-refractivity contribution in [3.8, 4) is 0 Å². The summed E-state index contributed by atoms with van der Waals surface area (Å²) in [5.41, 5.74) is 2.46. The number of hydrogen-bond acceptors (Lipinski definition) is 2. The summed E-state index contributed by atoms with van der Waals surface area (Å²) in [6, 6.07) is 6.25. The van der Waals surface area contributed by atoms with Crippen molar-refractivity contribution in [1.82, 2.24) is 5.32 Å². The summed E-state index contributed by atoms with van der Waals surface area (Å²) in [7, 11) is 0. The maximum absolute atomic E-state index is 4.39.